The SMILES string of the molecule is CCOc1cc(NC(=O)N[C@@H]2CN(CCOC)C[C@H]2c2ccc(F)c(F)c2)cc(-n2cc(NC(=O)OCc3ccccc3)cn2)c1. The molecule has 0 saturated carbocycles. The molecule has 1 aliphatic heterocycles. The second-order valence-corrected chi connectivity index (χ2v) is 10.7. The van der Waals surface area contributed by atoms with Crippen LogP contribution >= 0.6 is 0 Å². The first kappa shape index (κ1) is 32.4. The summed E-state index contributed by atoms with van der Waals surface area (Å²) in [5.74, 6) is -1.63. The van der Waals surface area contributed by atoms with Crippen LogP contribution in [0.5, 0.6) is 5.75 Å². The van der Waals surface area contributed by atoms with E-state index in [1.165, 1.54) is 16.9 Å². The Morgan fingerprint density at radius 1 is 0.978 bits per heavy atom. The number of carbonyl (C=O) groups excluding carboxylic acids is 2. The molecule has 1 aliphatic rings. The van der Waals surface area contributed by atoms with E-state index in [0.29, 0.717) is 61.2 Å². The number of hydrogen-bond acceptors (Lipinski definition) is 7. The number of aromatic nitrogens is 2. The highest BCUT2D eigenvalue weighted by Gasteiger charge is 2.35. The molecule has 1 fully saturated rings. The number of anilines is 2. The van der Waals surface area contributed by atoms with Gasteiger partial charge in [0, 0.05) is 50.5 Å². The van der Waals surface area contributed by atoms with E-state index in [4.69, 9.17) is 14.2 Å². The molecule has 1 aromatic heterocycles. The summed E-state index contributed by atoms with van der Waals surface area (Å²) in [6.45, 7) is 4.53. The fourth-order valence-electron chi connectivity index (χ4n) is 5.29. The lowest BCUT2D eigenvalue weighted by Gasteiger charge is -2.21. The van der Waals surface area contributed by atoms with E-state index in [0.717, 1.165) is 11.6 Å². The molecule has 11 nitrogen and oxygen atoms in total. The Labute approximate surface area is 265 Å². The summed E-state index contributed by atoms with van der Waals surface area (Å²) in [7, 11) is 1.61. The predicted octanol–water partition coefficient (Wildman–Crippen LogP) is 5.53. The predicted molar refractivity (Wildman–Crippen MR) is 168 cm³/mol. The van der Waals surface area contributed by atoms with Crippen molar-refractivity contribution < 1.29 is 32.6 Å². The Hall–Kier alpha value is -5.01. The van der Waals surface area contributed by atoms with E-state index in [1.54, 1.807) is 37.6 Å². The number of rotatable bonds is 12. The maximum absolute atomic E-state index is 14.1. The van der Waals surface area contributed by atoms with Crippen molar-refractivity contribution in [2.75, 3.05) is 50.6 Å². The van der Waals surface area contributed by atoms with Crippen molar-refractivity contribution in [3.8, 4) is 11.4 Å². The van der Waals surface area contributed by atoms with Crippen molar-refractivity contribution in [1.82, 2.24) is 20.0 Å². The van der Waals surface area contributed by atoms with Gasteiger partial charge in [0.25, 0.3) is 0 Å². The molecule has 2 heterocycles. The molecule has 3 amide bonds. The van der Waals surface area contributed by atoms with E-state index >= 15 is 0 Å². The van der Waals surface area contributed by atoms with Crippen molar-refractivity contribution in [2.24, 2.45) is 0 Å². The van der Waals surface area contributed by atoms with Gasteiger partial charge >= 0.3 is 12.1 Å². The van der Waals surface area contributed by atoms with Gasteiger partial charge in [-0.1, -0.05) is 36.4 Å². The second kappa shape index (κ2) is 15.3. The topological polar surface area (TPSA) is 119 Å². The van der Waals surface area contributed by atoms with Gasteiger partial charge in [-0.15, -0.1) is 0 Å². The number of urea groups is 1. The smallest absolute Gasteiger partial charge is 0.412 e. The third kappa shape index (κ3) is 8.58. The minimum Gasteiger partial charge on any atom is -0.494 e. The summed E-state index contributed by atoms with van der Waals surface area (Å²) < 4.78 is 45.5. The number of halogens is 2. The van der Waals surface area contributed by atoms with Crippen molar-refractivity contribution in [2.45, 2.75) is 25.5 Å². The summed E-state index contributed by atoms with van der Waals surface area (Å²) in [4.78, 5) is 27.7. The molecule has 242 valence electrons. The molecule has 2 atom stereocenters. The fourth-order valence-corrected chi connectivity index (χ4v) is 5.29. The summed E-state index contributed by atoms with van der Waals surface area (Å²) in [5.41, 5.74) is 2.87. The minimum absolute atomic E-state index is 0.127. The van der Waals surface area contributed by atoms with Gasteiger partial charge < -0.3 is 24.8 Å². The Bertz CT molecular complexity index is 1640. The van der Waals surface area contributed by atoms with Gasteiger partial charge in [0.05, 0.1) is 43.0 Å². The minimum atomic E-state index is -0.933. The Balaban J connectivity index is 1.26. The van der Waals surface area contributed by atoms with Crippen LogP contribution < -0.4 is 20.7 Å². The van der Waals surface area contributed by atoms with Gasteiger partial charge in [0.2, 0.25) is 0 Å². The molecule has 0 unspecified atom stereocenters. The number of nitrogens with zero attached hydrogens (tertiary/aromatic N) is 3. The zero-order valence-corrected chi connectivity index (χ0v) is 25.5. The highest BCUT2D eigenvalue weighted by atomic mass is 19.2. The number of nitrogens with one attached hydrogen (secondary N) is 3. The highest BCUT2D eigenvalue weighted by molar-refractivity contribution is 5.90. The van der Waals surface area contributed by atoms with E-state index < -0.39 is 23.8 Å². The number of methoxy groups -OCH3 is 1. The van der Waals surface area contributed by atoms with Gasteiger partial charge in [0.1, 0.15) is 12.4 Å². The third-order valence-corrected chi connectivity index (χ3v) is 7.46. The van der Waals surface area contributed by atoms with Crippen molar-refractivity contribution in [3.63, 3.8) is 0 Å². The zero-order valence-electron chi connectivity index (χ0n) is 25.5. The Morgan fingerprint density at radius 2 is 1.80 bits per heavy atom. The lowest BCUT2D eigenvalue weighted by molar-refractivity contribution is 0.155. The van der Waals surface area contributed by atoms with E-state index in [-0.39, 0.29) is 18.6 Å². The van der Waals surface area contributed by atoms with Gasteiger partial charge in [-0.2, -0.15) is 5.10 Å². The zero-order chi connectivity index (χ0) is 32.5. The summed E-state index contributed by atoms with van der Waals surface area (Å²) >= 11 is 0. The average molecular weight is 635 g/mol. The van der Waals surface area contributed by atoms with Crippen molar-refractivity contribution in [3.05, 3.63) is 102 Å². The van der Waals surface area contributed by atoms with E-state index in [2.05, 4.69) is 25.9 Å². The summed E-state index contributed by atoms with van der Waals surface area (Å²) in [6.07, 6.45) is 2.46. The van der Waals surface area contributed by atoms with Crippen LogP contribution in [0.3, 0.4) is 0 Å². The van der Waals surface area contributed by atoms with Crippen LogP contribution in [0, 0.1) is 11.6 Å². The normalized spacial score (nSPS) is 16.2. The first-order chi connectivity index (χ1) is 22.3. The van der Waals surface area contributed by atoms with Crippen LogP contribution in [-0.4, -0.2) is 72.8 Å². The number of carbonyl (C=O) groups is 2. The Morgan fingerprint density at radius 3 is 2.57 bits per heavy atom. The first-order valence-corrected chi connectivity index (χ1v) is 14.9. The maximum atomic E-state index is 14.1. The molecular weight excluding hydrogens is 598 g/mol. The Kier molecular flexibility index (Phi) is 10.8. The number of likely N-dealkylation sites (tertiary alicyclic amines) is 1. The van der Waals surface area contributed by atoms with Gasteiger partial charge in [-0.25, -0.2) is 23.1 Å². The van der Waals surface area contributed by atoms with E-state index in [1.807, 2.05) is 37.3 Å². The largest absolute Gasteiger partial charge is 0.494 e. The molecular formula is C33H36F2N6O5. The van der Waals surface area contributed by atoms with Gasteiger partial charge in [-0.3, -0.25) is 10.2 Å². The molecule has 0 aliphatic carbocycles. The maximum Gasteiger partial charge on any atom is 0.412 e. The van der Waals surface area contributed by atoms with Crippen molar-refractivity contribution >= 4 is 23.5 Å². The molecule has 13 heteroatoms. The van der Waals surface area contributed by atoms with Crippen LogP contribution in [0.1, 0.15) is 24.0 Å². The lowest BCUT2D eigenvalue weighted by atomic mass is 9.94. The number of benzene rings is 3. The monoisotopic (exact) mass is 634 g/mol. The summed E-state index contributed by atoms with van der Waals surface area (Å²) in [6, 6.07) is 17.4. The molecule has 1 saturated heterocycles. The van der Waals surface area contributed by atoms with Crippen LogP contribution in [0.4, 0.5) is 29.7 Å². The van der Waals surface area contributed by atoms with Crippen LogP contribution in [-0.2, 0) is 16.1 Å². The molecule has 0 spiro atoms. The molecule has 0 bridgehead atoms. The van der Waals surface area contributed by atoms with Gasteiger partial charge in [0.15, 0.2) is 11.6 Å². The molecule has 3 aromatic carbocycles. The summed E-state index contributed by atoms with van der Waals surface area (Å²) in [5, 5.41) is 12.9. The third-order valence-electron chi connectivity index (χ3n) is 7.46. The van der Waals surface area contributed by atoms with Crippen LogP contribution in [0.25, 0.3) is 5.69 Å². The first-order valence-electron chi connectivity index (χ1n) is 14.9. The highest BCUT2D eigenvalue weighted by Crippen LogP contribution is 2.29. The molecule has 4 aromatic rings. The standard InChI is InChI=1S/C33H36F2N6O5/c1-3-45-27-15-24(14-26(16-27)41-18-25(17-36-41)38-33(43)46-21-22-7-5-4-6-8-22)37-32(42)39-31-20-40(11-12-44-2)19-28(31)23-9-10-29(34)30(35)13-23/h4-10,13-18,28,31H,3,11-12,19-21H2,1-2H3,(H,38,43)(H2,37,39,42)/t28-,31+/m0/s1. The molecule has 5 rings (SSSR count). The number of ether oxygens (including phenoxy) is 3. The van der Waals surface area contributed by atoms with Crippen molar-refractivity contribution in [1.29, 1.82) is 0 Å². The number of amides is 3. The molecule has 0 radical (unpaired) electrons. The molecule has 46 heavy (non-hydrogen) atoms. The average Bonchev–Trinajstić information content (AvgIpc) is 3.68. The van der Waals surface area contributed by atoms with Crippen LogP contribution in [0.2, 0.25) is 0 Å². The number of hydrogen-bond donors (Lipinski definition) is 3. The van der Waals surface area contributed by atoms with Crippen LogP contribution in [0.15, 0.2) is 79.1 Å². The fraction of sp³-hybridized carbons (Fsp3) is 0.303. The van der Waals surface area contributed by atoms with Gasteiger partial charge in [-0.05, 0) is 36.2 Å². The molecule has 3 N–H and O–H groups in total. The quantitative estimate of drug-likeness (QED) is 0.187. The second-order valence-electron chi connectivity index (χ2n) is 10.7. The van der Waals surface area contributed by atoms with E-state index in [9.17, 15) is 18.4 Å². The lowest BCUT2D eigenvalue weighted by Crippen LogP contribution is -2.42.